The van der Waals surface area contributed by atoms with E-state index in [1.54, 1.807) is 19.1 Å². The fraction of sp³-hybridized carbons (Fsp3) is 0.261. The molecule has 0 spiro atoms. The van der Waals surface area contributed by atoms with Crippen LogP contribution in [0.3, 0.4) is 0 Å². The summed E-state index contributed by atoms with van der Waals surface area (Å²) in [5.74, 6) is 0.487. The number of carbonyl (C=O) groups excluding carboxylic acids is 1. The SMILES string of the molecule is CC1=C(C(O)C(=O)Nc2ccc(-c3cn(C)c4nc(C)nc(N)c34)c(Cl)c2)C=CCC1. The van der Waals surface area contributed by atoms with Crippen LogP contribution in [0.4, 0.5) is 11.5 Å². The smallest absolute Gasteiger partial charge is 0.257 e. The van der Waals surface area contributed by atoms with Crippen LogP contribution in [0.1, 0.15) is 25.6 Å². The van der Waals surface area contributed by atoms with Crippen LogP contribution < -0.4 is 11.1 Å². The number of nitrogens with one attached hydrogen (secondary N) is 1. The fourth-order valence-electron chi connectivity index (χ4n) is 3.90. The van der Waals surface area contributed by atoms with Gasteiger partial charge in [0.25, 0.3) is 5.91 Å². The number of carbonyl (C=O) groups is 1. The van der Waals surface area contributed by atoms with Crippen LogP contribution in [-0.4, -0.2) is 31.7 Å². The summed E-state index contributed by atoms with van der Waals surface area (Å²) in [4.78, 5) is 21.3. The van der Waals surface area contributed by atoms with Gasteiger partial charge in [-0.2, -0.15) is 0 Å². The second-order valence-corrected chi connectivity index (χ2v) is 8.18. The molecule has 4 rings (SSSR count). The third kappa shape index (κ3) is 3.94. The molecular formula is C23H24ClN5O2. The zero-order chi connectivity index (χ0) is 22.3. The number of aromatic nitrogens is 3. The molecule has 0 radical (unpaired) electrons. The average molecular weight is 438 g/mol. The van der Waals surface area contributed by atoms with Gasteiger partial charge in [0, 0.05) is 30.1 Å². The van der Waals surface area contributed by atoms with Gasteiger partial charge in [0.15, 0.2) is 6.10 Å². The van der Waals surface area contributed by atoms with Gasteiger partial charge in [-0.1, -0.05) is 35.4 Å². The molecule has 0 fully saturated rings. The van der Waals surface area contributed by atoms with Gasteiger partial charge in [0.2, 0.25) is 0 Å². The number of nitrogen functional groups attached to an aromatic ring is 1. The Morgan fingerprint density at radius 1 is 1.29 bits per heavy atom. The molecule has 0 bridgehead atoms. The molecule has 1 aliphatic rings. The van der Waals surface area contributed by atoms with Crippen molar-refractivity contribution in [3.8, 4) is 11.1 Å². The quantitative estimate of drug-likeness (QED) is 0.568. The number of nitrogens with two attached hydrogens (primary N) is 1. The minimum Gasteiger partial charge on any atom is -0.383 e. The maximum absolute atomic E-state index is 12.6. The Balaban J connectivity index is 1.63. The fourth-order valence-corrected chi connectivity index (χ4v) is 4.18. The number of hydrogen-bond acceptors (Lipinski definition) is 5. The van der Waals surface area contributed by atoms with Crippen molar-refractivity contribution in [1.82, 2.24) is 14.5 Å². The van der Waals surface area contributed by atoms with E-state index in [1.165, 1.54) is 0 Å². The molecule has 0 aliphatic heterocycles. The van der Waals surface area contributed by atoms with Crippen molar-refractivity contribution in [2.45, 2.75) is 32.8 Å². The molecule has 0 saturated heterocycles. The second-order valence-electron chi connectivity index (χ2n) is 7.77. The third-order valence-electron chi connectivity index (χ3n) is 5.50. The highest BCUT2D eigenvalue weighted by atomic mass is 35.5. The van der Waals surface area contributed by atoms with Crippen molar-refractivity contribution in [2.75, 3.05) is 11.1 Å². The predicted molar refractivity (Wildman–Crippen MR) is 124 cm³/mol. The Kier molecular flexibility index (Phi) is 5.56. The van der Waals surface area contributed by atoms with Gasteiger partial charge >= 0.3 is 0 Å². The van der Waals surface area contributed by atoms with E-state index in [0.717, 1.165) is 40.6 Å². The summed E-state index contributed by atoms with van der Waals surface area (Å²) in [6, 6.07) is 5.21. The lowest BCUT2D eigenvalue weighted by molar-refractivity contribution is -0.122. The Bertz CT molecular complexity index is 1260. The Morgan fingerprint density at radius 2 is 2.06 bits per heavy atom. The Hall–Kier alpha value is -3.16. The summed E-state index contributed by atoms with van der Waals surface area (Å²) in [5.41, 5.74) is 10.6. The molecule has 1 amide bonds. The van der Waals surface area contributed by atoms with Crippen molar-refractivity contribution in [3.05, 3.63) is 58.5 Å². The molecule has 4 N–H and O–H groups in total. The first-order valence-electron chi connectivity index (χ1n) is 10.0. The summed E-state index contributed by atoms with van der Waals surface area (Å²) in [7, 11) is 1.89. The van der Waals surface area contributed by atoms with Crippen molar-refractivity contribution >= 4 is 40.0 Å². The molecule has 1 atom stereocenters. The van der Waals surface area contributed by atoms with E-state index >= 15 is 0 Å². The van der Waals surface area contributed by atoms with Gasteiger partial charge in [-0.05, 0) is 44.4 Å². The minimum absolute atomic E-state index is 0.388. The summed E-state index contributed by atoms with van der Waals surface area (Å²) >= 11 is 6.57. The number of amides is 1. The second kappa shape index (κ2) is 8.17. The van der Waals surface area contributed by atoms with Crippen LogP contribution in [-0.2, 0) is 11.8 Å². The number of hydrogen-bond donors (Lipinski definition) is 3. The van der Waals surface area contributed by atoms with E-state index in [2.05, 4.69) is 15.3 Å². The largest absolute Gasteiger partial charge is 0.383 e. The van der Waals surface area contributed by atoms with Gasteiger partial charge in [0.05, 0.1) is 10.4 Å². The molecule has 2 heterocycles. The Labute approximate surface area is 185 Å². The zero-order valence-electron chi connectivity index (χ0n) is 17.6. The molecule has 1 aromatic carbocycles. The summed E-state index contributed by atoms with van der Waals surface area (Å²) in [6.07, 6.45) is 6.22. The van der Waals surface area contributed by atoms with Crippen LogP contribution in [0.25, 0.3) is 22.2 Å². The average Bonchev–Trinajstić information content (AvgIpc) is 3.04. The summed E-state index contributed by atoms with van der Waals surface area (Å²) in [6.45, 7) is 3.73. The van der Waals surface area contributed by atoms with E-state index in [-0.39, 0.29) is 0 Å². The molecule has 1 aliphatic carbocycles. The lowest BCUT2D eigenvalue weighted by Crippen LogP contribution is -2.30. The highest BCUT2D eigenvalue weighted by molar-refractivity contribution is 6.34. The van der Waals surface area contributed by atoms with E-state index in [9.17, 15) is 9.90 Å². The molecule has 31 heavy (non-hydrogen) atoms. The first-order valence-corrected chi connectivity index (χ1v) is 10.4. The molecular weight excluding hydrogens is 414 g/mol. The molecule has 7 nitrogen and oxygen atoms in total. The number of aliphatic hydroxyl groups excluding tert-OH is 1. The van der Waals surface area contributed by atoms with Crippen molar-refractivity contribution < 1.29 is 9.90 Å². The van der Waals surface area contributed by atoms with Crippen LogP contribution in [0.5, 0.6) is 0 Å². The molecule has 160 valence electrons. The topological polar surface area (TPSA) is 106 Å². The number of aryl methyl sites for hydroxylation is 2. The maximum atomic E-state index is 12.6. The number of fused-ring (bicyclic) bond motifs is 1. The summed E-state index contributed by atoms with van der Waals surface area (Å²) < 4.78 is 1.88. The first kappa shape index (κ1) is 21.1. The normalized spacial score (nSPS) is 14.9. The van der Waals surface area contributed by atoms with Crippen LogP contribution in [0, 0.1) is 6.92 Å². The number of halogens is 1. The molecule has 8 heteroatoms. The van der Waals surface area contributed by atoms with Gasteiger partial charge in [-0.3, -0.25) is 4.79 Å². The van der Waals surface area contributed by atoms with E-state index in [0.29, 0.717) is 27.9 Å². The molecule has 1 unspecified atom stereocenters. The van der Waals surface area contributed by atoms with E-state index in [4.69, 9.17) is 17.3 Å². The highest BCUT2D eigenvalue weighted by Gasteiger charge is 2.22. The standard InChI is InChI=1S/C23H24ClN5O2/c1-12-6-4-5-7-15(12)20(30)23(31)28-14-8-9-16(18(24)10-14)17-11-29(3)22-19(17)21(25)26-13(2)27-22/h5,7-11,20,30H,4,6H2,1-3H3,(H,28,31)(H2,25,26,27). The van der Waals surface area contributed by atoms with Crippen molar-refractivity contribution in [1.29, 1.82) is 0 Å². The number of aliphatic hydroxyl groups is 1. The lowest BCUT2D eigenvalue weighted by atomic mass is 9.94. The van der Waals surface area contributed by atoms with Crippen LogP contribution in [0.2, 0.25) is 5.02 Å². The summed E-state index contributed by atoms with van der Waals surface area (Å²) in [5, 5.41) is 14.4. The minimum atomic E-state index is -1.23. The Morgan fingerprint density at radius 3 is 2.77 bits per heavy atom. The van der Waals surface area contributed by atoms with Gasteiger partial charge in [-0.15, -0.1) is 0 Å². The van der Waals surface area contributed by atoms with Crippen LogP contribution >= 0.6 is 11.6 Å². The van der Waals surface area contributed by atoms with Gasteiger partial charge in [0.1, 0.15) is 17.3 Å². The number of allylic oxidation sites excluding steroid dienone is 2. The van der Waals surface area contributed by atoms with Crippen molar-refractivity contribution in [2.24, 2.45) is 7.05 Å². The third-order valence-corrected chi connectivity index (χ3v) is 5.81. The monoisotopic (exact) mass is 437 g/mol. The van der Waals surface area contributed by atoms with E-state index < -0.39 is 12.0 Å². The number of rotatable bonds is 4. The number of anilines is 2. The van der Waals surface area contributed by atoms with Crippen molar-refractivity contribution in [3.63, 3.8) is 0 Å². The predicted octanol–water partition coefficient (Wildman–Crippen LogP) is 4.15. The van der Waals surface area contributed by atoms with Gasteiger partial charge < -0.3 is 20.7 Å². The molecule has 3 aromatic rings. The van der Waals surface area contributed by atoms with Crippen LogP contribution in [0.15, 0.2) is 47.7 Å². The van der Waals surface area contributed by atoms with E-state index in [1.807, 2.05) is 43.0 Å². The van der Waals surface area contributed by atoms with Gasteiger partial charge in [-0.25, -0.2) is 9.97 Å². The number of nitrogens with zero attached hydrogens (tertiary/aromatic N) is 3. The molecule has 0 saturated carbocycles. The molecule has 2 aromatic heterocycles. The first-order chi connectivity index (χ1) is 14.8. The highest BCUT2D eigenvalue weighted by Crippen LogP contribution is 2.37. The number of benzene rings is 1. The lowest BCUT2D eigenvalue weighted by Gasteiger charge is -2.18. The zero-order valence-corrected chi connectivity index (χ0v) is 18.4. The maximum Gasteiger partial charge on any atom is 0.257 e.